The van der Waals surface area contributed by atoms with Crippen molar-refractivity contribution in [3.8, 4) is 0 Å². The quantitative estimate of drug-likeness (QED) is 0.873. The van der Waals surface area contributed by atoms with Crippen molar-refractivity contribution in [2.45, 2.75) is 12.2 Å². The number of aromatic nitrogens is 1. The highest BCUT2D eigenvalue weighted by atomic mass is 32.2. The lowest BCUT2D eigenvalue weighted by atomic mass is 10.2. The SMILES string of the molecule is CC(CN)S(=O)(=O)Nc1cccc2cccnc12. The highest BCUT2D eigenvalue weighted by Gasteiger charge is 2.19. The van der Waals surface area contributed by atoms with Crippen LogP contribution in [0.3, 0.4) is 0 Å². The van der Waals surface area contributed by atoms with Gasteiger partial charge in [0.1, 0.15) is 0 Å². The van der Waals surface area contributed by atoms with Gasteiger partial charge in [-0.3, -0.25) is 9.71 Å². The minimum Gasteiger partial charge on any atom is -0.329 e. The first-order valence-corrected chi connectivity index (χ1v) is 7.14. The van der Waals surface area contributed by atoms with Gasteiger partial charge in [-0.15, -0.1) is 0 Å². The van der Waals surface area contributed by atoms with E-state index in [2.05, 4.69) is 9.71 Å². The van der Waals surface area contributed by atoms with Gasteiger partial charge in [0.2, 0.25) is 10.0 Å². The van der Waals surface area contributed by atoms with Crippen molar-refractivity contribution in [2.24, 2.45) is 5.73 Å². The van der Waals surface area contributed by atoms with Crippen LogP contribution in [0.2, 0.25) is 0 Å². The number of fused-ring (bicyclic) bond motifs is 1. The molecule has 1 unspecified atom stereocenters. The van der Waals surface area contributed by atoms with Gasteiger partial charge in [-0.05, 0) is 19.1 Å². The molecule has 1 aromatic heterocycles. The third-order valence-corrected chi connectivity index (χ3v) is 4.50. The molecule has 5 nitrogen and oxygen atoms in total. The van der Waals surface area contributed by atoms with Crippen molar-refractivity contribution in [2.75, 3.05) is 11.3 Å². The maximum atomic E-state index is 12.0. The molecule has 0 spiro atoms. The van der Waals surface area contributed by atoms with Gasteiger partial charge in [-0.1, -0.05) is 18.2 Å². The van der Waals surface area contributed by atoms with E-state index in [1.807, 2.05) is 18.2 Å². The van der Waals surface area contributed by atoms with Crippen LogP contribution in [0.4, 0.5) is 5.69 Å². The van der Waals surface area contributed by atoms with Crippen molar-refractivity contribution >= 4 is 26.6 Å². The smallest absolute Gasteiger partial charge is 0.236 e. The monoisotopic (exact) mass is 265 g/mol. The zero-order chi connectivity index (χ0) is 13.2. The van der Waals surface area contributed by atoms with Gasteiger partial charge in [0.15, 0.2) is 0 Å². The Balaban J connectivity index is 2.44. The first-order chi connectivity index (χ1) is 8.54. The molecule has 0 aliphatic heterocycles. The summed E-state index contributed by atoms with van der Waals surface area (Å²) in [6.07, 6.45) is 1.63. The third-order valence-electron chi connectivity index (χ3n) is 2.75. The molecular weight excluding hydrogens is 250 g/mol. The molecule has 0 fully saturated rings. The van der Waals surface area contributed by atoms with E-state index in [4.69, 9.17) is 5.73 Å². The highest BCUT2D eigenvalue weighted by Crippen LogP contribution is 2.22. The van der Waals surface area contributed by atoms with Gasteiger partial charge in [0.25, 0.3) is 0 Å². The van der Waals surface area contributed by atoms with Crippen molar-refractivity contribution in [1.29, 1.82) is 0 Å². The van der Waals surface area contributed by atoms with Crippen LogP contribution < -0.4 is 10.5 Å². The number of nitrogens with zero attached hydrogens (tertiary/aromatic N) is 1. The molecular formula is C12H15N3O2S. The third kappa shape index (κ3) is 2.44. The Morgan fingerprint density at radius 2 is 2.06 bits per heavy atom. The Bertz CT molecular complexity index is 650. The van der Waals surface area contributed by atoms with Crippen molar-refractivity contribution in [1.82, 2.24) is 4.98 Å². The first-order valence-electron chi connectivity index (χ1n) is 5.60. The average molecular weight is 265 g/mol. The molecule has 0 aliphatic rings. The largest absolute Gasteiger partial charge is 0.329 e. The highest BCUT2D eigenvalue weighted by molar-refractivity contribution is 7.93. The Hall–Kier alpha value is -1.66. The fourth-order valence-electron chi connectivity index (χ4n) is 1.57. The second kappa shape index (κ2) is 4.91. The molecule has 0 bridgehead atoms. The van der Waals surface area contributed by atoms with Crippen LogP contribution in [0, 0.1) is 0 Å². The van der Waals surface area contributed by atoms with E-state index in [0.717, 1.165) is 5.39 Å². The number of pyridine rings is 1. The Morgan fingerprint density at radius 1 is 1.33 bits per heavy atom. The summed E-state index contributed by atoms with van der Waals surface area (Å²) in [4.78, 5) is 4.19. The van der Waals surface area contributed by atoms with Crippen LogP contribution >= 0.6 is 0 Å². The summed E-state index contributed by atoms with van der Waals surface area (Å²) in [6, 6.07) is 9.05. The molecule has 1 atom stereocenters. The lowest BCUT2D eigenvalue weighted by Crippen LogP contribution is -2.31. The maximum Gasteiger partial charge on any atom is 0.236 e. The number of anilines is 1. The number of rotatable bonds is 4. The Kier molecular flexibility index (Phi) is 3.49. The minimum atomic E-state index is -3.47. The number of hydrogen-bond acceptors (Lipinski definition) is 4. The molecule has 2 aromatic rings. The fraction of sp³-hybridized carbons (Fsp3) is 0.250. The molecule has 18 heavy (non-hydrogen) atoms. The minimum absolute atomic E-state index is 0.0769. The van der Waals surface area contributed by atoms with Gasteiger partial charge in [0, 0.05) is 18.1 Å². The van der Waals surface area contributed by atoms with Crippen molar-refractivity contribution < 1.29 is 8.42 Å². The molecule has 1 aromatic carbocycles. The standard InChI is InChI=1S/C12H15N3O2S/c1-9(8-13)18(16,17)15-11-6-2-4-10-5-3-7-14-12(10)11/h2-7,9,15H,8,13H2,1H3. The number of nitrogens with two attached hydrogens (primary N) is 1. The van der Waals surface area contributed by atoms with Gasteiger partial charge in [0.05, 0.1) is 16.5 Å². The summed E-state index contributed by atoms with van der Waals surface area (Å²) < 4.78 is 26.5. The Morgan fingerprint density at radius 3 is 2.78 bits per heavy atom. The molecule has 0 aliphatic carbocycles. The number of para-hydroxylation sites is 1. The van der Waals surface area contributed by atoms with Crippen LogP contribution in [0.15, 0.2) is 36.5 Å². The second-order valence-electron chi connectivity index (χ2n) is 4.07. The van der Waals surface area contributed by atoms with E-state index in [-0.39, 0.29) is 6.54 Å². The van der Waals surface area contributed by atoms with E-state index < -0.39 is 15.3 Å². The fourth-order valence-corrected chi connectivity index (χ4v) is 2.49. The molecule has 3 N–H and O–H groups in total. The predicted molar refractivity (Wildman–Crippen MR) is 72.8 cm³/mol. The van der Waals surface area contributed by atoms with Gasteiger partial charge in [-0.25, -0.2) is 8.42 Å². The van der Waals surface area contributed by atoms with Crippen LogP contribution in [0.25, 0.3) is 10.9 Å². The molecule has 96 valence electrons. The summed E-state index contributed by atoms with van der Waals surface area (Å²) in [5.74, 6) is 0. The number of hydrogen-bond donors (Lipinski definition) is 2. The molecule has 0 radical (unpaired) electrons. The molecule has 1 heterocycles. The number of benzene rings is 1. The topological polar surface area (TPSA) is 85.1 Å². The van der Waals surface area contributed by atoms with Crippen LogP contribution in [-0.2, 0) is 10.0 Å². The first kappa shape index (κ1) is 12.8. The second-order valence-corrected chi connectivity index (χ2v) is 6.17. The van der Waals surface area contributed by atoms with Crippen LogP contribution in [0.1, 0.15) is 6.92 Å². The van der Waals surface area contributed by atoms with Crippen molar-refractivity contribution in [3.05, 3.63) is 36.5 Å². The molecule has 0 saturated heterocycles. The van der Waals surface area contributed by atoms with Gasteiger partial charge in [-0.2, -0.15) is 0 Å². The summed E-state index contributed by atoms with van der Waals surface area (Å²) in [5.41, 5.74) is 6.50. The van der Waals surface area contributed by atoms with Crippen LogP contribution in [0.5, 0.6) is 0 Å². The number of sulfonamides is 1. The van der Waals surface area contributed by atoms with Gasteiger partial charge < -0.3 is 5.73 Å². The van der Waals surface area contributed by atoms with E-state index in [1.165, 1.54) is 0 Å². The summed E-state index contributed by atoms with van der Waals surface area (Å²) in [7, 11) is -3.47. The molecule has 0 saturated carbocycles. The zero-order valence-electron chi connectivity index (χ0n) is 10.00. The normalized spacial score (nSPS) is 13.4. The summed E-state index contributed by atoms with van der Waals surface area (Å²) in [5, 5.41) is 0.245. The molecule has 2 rings (SSSR count). The molecule has 0 amide bonds. The zero-order valence-corrected chi connectivity index (χ0v) is 10.8. The van der Waals surface area contributed by atoms with E-state index in [9.17, 15) is 8.42 Å². The summed E-state index contributed by atoms with van der Waals surface area (Å²) >= 11 is 0. The maximum absolute atomic E-state index is 12.0. The van der Waals surface area contributed by atoms with Gasteiger partial charge >= 0.3 is 0 Å². The van der Waals surface area contributed by atoms with Crippen LogP contribution in [-0.4, -0.2) is 25.2 Å². The number of nitrogens with one attached hydrogen (secondary N) is 1. The van der Waals surface area contributed by atoms with E-state index >= 15 is 0 Å². The lowest BCUT2D eigenvalue weighted by molar-refractivity contribution is 0.589. The lowest BCUT2D eigenvalue weighted by Gasteiger charge is -2.13. The summed E-state index contributed by atoms with van der Waals surface area (Å²) in [6.45, 7) is 1.65. The Labute approximate surface area is 106 Å². The van der Waals surface area contributed by atoms with E-state index in [0.29, 0.717) is 11.2 Å². The average Bonchev–Trinajstić information content (AvgIpc) is 2.38. The molecule has 6 heteroatoms. The van der Waals surface area contributed by atoms with E-state index in [1.54, 1.807) is 25.3 Å². The van der Waals surface area contributed by atoms with Crippen molar-refractivity contribution in [3.63, 3.8) is 0 Å². The predicted octanol–water partition coefficient (Wildman–Crippen LogP) is 1.32.